The zero-order chi connectivity index (χ0) is 13.6. The number of furan rings is 1. The van der Waals surface area contributed by atoms with E-state index in [0.717, 1.165) is 23.5 Å². The van der Waals surface area contributed by atoms with E-state index in [9.17, 15) is 0 Å². The topological polar surface area (TPSA) is 22.4 Å². The van der Waals surface area contributed by atoms with Crippen molar-refractivity contribution >= 4 is 27.5 Å². The summed E-state index contributed by atoms with van der Waals surface area (Å²) in [5.74, 6) is 1.70. The first kappa shape index (κ1) is 13.1. The zero-order valence-electron chi connectivity index (χ0n) is 10.7. The van der Waals surface area contributed by atoms with Gasteiger partial charge in [0.05, 0.1) is 0 Å². The summed E-state index contributed by atoms with van der Waals surface area (Å²) < 4.78 is 12.1. The van der Waals surface area contributed by atoms with Crippen LogP contribution < -0.4 is 4.74 Å². The molecule has 2 aromatic rings. The van der Waals surface area contributed by atoms with Gasteiger partial charge in [-0.3, -0.25) is 0 Å². The molecule has 0 saturated carbocycles. The summed E-state index contributed by atoms with van der Waals surface area (Å²) in [5, 5.41) is -0.277. The van der Waals surface area contributed by atoms with E-state index in [1.165, 1.54) is 5.56 Å². The van der Waals surface area contributed by atoms with Gasteiger partial charge in [-0.25, -0.2) is 0 Å². The predicted octanol–water partition coefficient (Wildman–Crippen LogP) is 5.08. The molecule has 1 atom stereocenters. The number of benzene rings is 1. The van der Waals surface area contributed by atoms with E-state index in [1.807, 2.05) is 24.3 Å². The van der Waals surface area contributed by atoms with Gasteiger partial charge < -0.3 is 9.15 Å². The highest BCUT2D eigenvalue weighted by Gasteiger charge is 2.30. The molecule has 0 aliphatic carbocycles. The van der Waals surface area contributed by atoms with Crippen molar-refractivity contribution in [1.29, 1.82) is 0 Å². The third kappa shape index (κ3) is 2.54. The van der Waals surface area contributed by atoms with E-state index in [2.05, 4.69) is 35.8 Å². The van der Waals surface area contributed by atoms with Crippen molar-refractivity contribution in [3.63, 3.8) is 0 Å². The second-order valence-electron chi connectivity index (χ2n) is 5.41. The molecule has 1 aromatic heterocycles. The average Bonchev–Trinajstić information content (AvgIpc) is 2.88. The summed E-state index contributed by atoms with van der Waals surface area (Å²) in [6, 6.07) is 9.83. The molecular formula is C15H14BrClO2. The van der Waals surface area contributed by atoms with Gasteiger partial charge in [0.1, 0.15) is 22.5 Å². The molecule has 2 heterocycles. The Balaban J connectivity index is 1.92. The molecule has 19 heavy (non-hydrogen) atoms. The molecule has 1 aliphatic heterocycles. The van der Waals surface area contributed by atoms with E-state index in [0.29, 0.717) is 4.67 Å². The first-order chi connectivity index (χ1) is 8.94. The first-order valence-electron chi connectivity index (χ1n) is 6.16. The van der Waals surface area contributed by atoms with Gasteiger partial charge in [0, 0.05) is 6.42 Å². The molecule has 0 bridgehead atoms. The molecular weight excluding hydrogens is 328 g/mol. The molecule has 4 heteroatoms. The molecule has 0 saturated heterocycles. The summed E-state index contributed by atoms with van der Waals surface area (Å²) in [5.41, 5.74) is 2.11. The number of alkyl halides is 1. The standard InChI is InChI=1S/C15H14BrClO2/c1-15(2)8-10-7-9(3-4-11(10)19-15)14(17)12-5-6-13(16)18-12/h3-7,14H,8H2,1-2H3. The fraction of sp³-hybridized carbons (Fsp3) is 0.333. The number of halogens is 2. The quantitative estimate of drug-likeness (QED) is 0.710. The lowest BCUT2D eigenvalue weighted by Gasteiger charge is -2.16. The van der Waals surface area contributed by atoms with Crippen LogP contribution >= 0.6 is 27.5 Å². The maximum absolute atomic E-state index is 6.46. The van der Waals surface area contributed by atoms with E-state index in [-0.39, 0.29) is 11.0 Å². The van der Waals surface area contributed by atoms with Gasteiger partial charge in [-0.2, -0.15) is 0 Å². The van der Waals surface area contributed by atoms with Gasteiger partial charge >= 0.3 is 0 Å². The molecule has 100 valence electrons. The van der Waals surface area contributed by atoms with Gasteiger partial charge in [-0.15, -0.1) is 11.6 Å². The van der Waals surface area contributed by atoms with Crippen LogP contribution in [0.5, 0.6) is 5.75 Å². The lowest BCUT2D eigenvalue weighted by molar-refractivity contribution is 0.138. The monoisotopic (exact) mass is 340 g/mol. The summed E-state index contributed by atoms with van der Waals surface area (Å²) in [6.07, 6.45) is 0.904. The minimum atomic E-state index is -0.277. The number of hydrogen-bond acceptors (Lipinski definition) is 2. The predicted molar refractivity (Wildman–Crippen MR) is 79.0 cm³/mol. The lowest BCUT2D eigenvalue weighted by atomic mass is 9.99. The van der Waals surface area contributed by atoms with Gasteiger partial charge in [-0.05, 0) is 59.1 Å². The third-order valence-corrected chi connectivity index (χ3v) is 4.12. The maximum atomic E-state index is 6.46. The minimum Gasteiger partial charge on any atom is -0.487 e. The molecule has 2 nitrogen and oxygen atoms in total. The Morgan fingerprint density at radius 3 is 2.74 bits per heavy atom. The molecule has 1 unspecified atom stereocenters. The number of fused-ring (bicyclic) bond motifs is 1. The maximum Gasteiger partial charge on any atom is 0.169 e. The van der Waals surface area contributed by atoms with Gasteiger partial charge in [-0.1, -0.05) is 12.1 Å². The highest BCUT2D eigenvalue weighted by molar-refractivity contribution is 9.10. The summed E-state index contributed by atoms with van der Waals surface area (Å²) in [7, 11) is 0. The van der Waals surface area contributed by atoms with Gasteiger partial charge in [0.25, 0.3) is 0 Å². The molecule has 3 rings (SSSR count). The van der Waals surface area contributed by atoms with Crippen molar-refractivity contribution in [2.24, 2.45) is 0 Å². The van der Waals surface area contributed by atoms with Crippen LogP contribution in [-0.4, -0.2) is 5.60 Å². The minimum absolute atomic E-state index is 0.128. The Bertz CT molecular complexity index is 618. The average molecular weight is 342 g/mol. The van der Waals surface area contributed by atoms with Crippen LogP contribution in [-0.2, 0) is 6.42 Å². The molecule has 0 N–H and O–H groups in total. The van der Waals surface area contributed by atoms with Crippen LogP contribution in [0, 0.1) is 0 Å². The number of hydrogen-bond donors (Lipinski definition) is 0. The van der Waals surface area contributed by atoms with Crippen molar-refractivity contribution in [1.82, 2.24) is 0 Å². The highest BCUT2D eigenvalue weighted by atomic mass is 79.9. The molecule has 0 amide bonds. The van der Waals surface area contributed by atoms with E-state index in [1.54, 1.807) is 0 Å². The van der Waals surface area contributed by atoms with Crippen molar-refractivity contribution in [3.05, 3.63) is 51.9 Å². The fourth-order valence-corrected chi connectivity index (χ4v) is 2.99. The van der Waals surface area contributed by atoms with Gasteiger partial charge in [0.2, 0.25) is 0 Å². The van der Waals surface area contributed by atoms with Crippen molar-refractivity contribution in [2.75, 3.05) is 0 Å². The smallest absolute Gasteiger partial charge is 0.169 e. The Morgan fingerprint density at radius 1 is 1.26 bits per heavy atom. The SMILES string of the molecule is CC1(C)Cc2cc(C(Cl)c3ccc(Br)o3)ccc2O1. The Hall–Kier alpha value is -0.930. The van der Waals surface area contributed by atoms with Crippen LogP contribution in [0.15, 0.2) is 39.4 Å². The normalized spacial score (nSPS) is 17.9. The van der Waals surface area contributed by atoms with Crippen LogP contribution in [0.3, 0.4) is 0 Å². The lowest BCUT2D eigenvalue weighted by Crippen LogP contribution is -2.24. The van der Waals surface area contributed by atoms with E-state index < -0.39 is 0 Å². The highest BCUT2D eigenvalue weighted by Crippen LogP contribution is 2.39. The summed E-state index contributed by atoms with van der Waals surface area (Å²) in [6.45, 7) is 4.18. The third-order valence-electron chi connectivity index (χ3n) is 3.22. The van der Waals surface area contributed by atoms with E-state index >= 15 is 0 Å². The van der Waals surface area contributed by atoms with Crippen LogP contribution in [0.25, 0.3) is 0 Å². The fourth-order valence-electron chi connectivity index (χ4n) is 2.42. The number of ether oxygens (including phenoxy) is 1. The Morgan fingerprint density at radius 2 is 2.05 bits per heavy atom. The number of rotatable bonds is 2. The van der Waals surface area contributed by atoms with Crippen molar-refractivity contribution in [3.8, 4) is 5.75 Å². The van der Waals surface area contributed by atoms with Crippen LogP contribution in [0.2, 0.25) is 0 Å². The molecule has 0 radical (unpaired) electrons. The van der Waals surface area contributed by atoms with Gasteiger partial charge in [0.15, 0.2) is 4.67 Å². The summed E-state index contributed by atoms with van der Waals surface area (Å²) in [4.78, 5) is 0. The second kappa shape index (κ2) is 4.57. The molecule has 1 aromatic carbocycles. The largest absolute Gasteiger partial charge is 0.487 e. The second-order valence-corrected chi connectivity index (χ2v) is 6.63. The first-order valence-corrected chi connectivity index (χ1v) is 7.39. The molecule has 1 aliphatic rings. The van der Waals surface area contributed by atoms with E-state index in [4.69, 9.17) is 20.8 Å². The Labute approximate surface area is 125 Å². The molecule has 0 spiro atoms. The van der Waals surface area contributed by atoms with Crippen LogP contribution in [0.1, 0.15) is 36.1 Å². The Kier molecular flexibility index (Phi) is 3.14. The zero-order valence-corrected chi connectivity index (χ0v) is 13.1. The van der Waals surface area contributed by atoms with Crippen LogP contribution in [0.4, 0.5) is 0 Å². The molecule has 0 fully saturated rings. The summed E-state index contributed by atoms with van der Waals surface area (Å²) >= 11 is 9.75. The van der Waals surface area contributed by atoms with Crippen molar-refractivity contribution < 1.29 is 9.15 Å². The van der Waals surface area contributed by atoms with Crippen molar-refractivity contribution in [2.45, 2.75) is 31.2 Å².